The third-order valence-corrected chi connectivity index (χ3v) is 7.29. The molecule has 0 fully saturated rings. The molecule has 0 saturated carbocycles. The van der Waals surface area contributed by atoms with Crippen LogP contribution in [0.25, 0.3) is 10.2 Å². The summed E-state index contributed by atoms with van der Waals surface area (Å²) in [7, 11) is 3.44. The summed E-state index contributed by atoms with van der Waals surface area (Å²) >= 11 is 1.74. The molecule has 0 spiro atoms. The van der Waals surface area contributed by atoms with Gasteiger partial charge < -0.3 is 0 Å². The summed E-state index contributed by atoms with van der Waals surface area (Å²) in [6.07, 6.45) is 0. The van der Waals surface area contributed by atoms with E-state index in [2.05, 4.69) is 48.2 Å². The fourth-order valence-electron chi connectivity index (χ4n) is 2.36. The van der Waals surface area contributed by atoms with E-state index in [1.54, 1.807) is 32.9 Å². The van der Waals surface area contributed by atoms with Crippen LogP contribution in [0.5, 0.6) is 0 Å². The maximum absolute atomic E-state index is 4.74. The number of para-hydroxylation sites is 2. The molecule has 6 heteroatoms. The Balaban J connectivity index is 1.53. The zero-order valence-corrected chi connectivity index (χ0v) is 13.8. The maximum atomic E-state index is 4.74. The van der Waals surface area contributed by atoms with Crippen molar-refractivity contribution in [3.05, 3.63) is 48.5 Å². The molecule has 0 bridgehead atoms. The van der Waals surface area contributed by atoms with Crippen LogP contribution >= 0.6 is 32.9 Å². The van der Waals surface area contributed by atoms with Crippen molar-refractivity contribution in [2.24, 2.45) is 4.99 Å². The summed E-state index contributed by atoms with van der Waals surface area (Å²) in [5.41, 5.74) is 3.51. The summed E-state index contributed by atoms with van der Waals surface area (Å²) in [6, 6.07) is 16.6. The van der Waals surface area contributed by atoms with Crippen molar-refractivity contribution >= 4 is 65.9 Å². The van der Waals surface area contributed by atoms with E-state index in [1.165, 1.54) is 15.1 Å². The van der Waals surface area contributed by atoms with Crippen molar-refractivity contribution in [2.75, 3.05) is 0 Å². The lowest BCUT2D eigenvalue weighted by molar-refractivity contribution is 1.31. The Morgan fingerprint density at radius 2 is 1.81 bits per heavy atom. The summed E-state index contributed by atoms with van der Waals surface area (Å²) < 4.78 is 2.33. The van der Waals surface area contributed by atoms with Gasteiger partial charge in [-0.2, -0.15) is 0 Å². The fraction of sp³-hybridized carbons (Fsp3) is 0.0667. The molecule has 0 atom stereocenters. The molecular formula is C15H11BN2S3. The first-order valence-electron chi connectivity index (χ1n) is 6.69. The van der Waals surface area contributed by atoms with Gasteiger partial charge >= 0.3 is 0 Å². The van der Waals surface area contributed by atoms with Crippen LogP contribution in [0.4, 0.5) is 5.69 Å². The molecule has 2 aromatic carbocycles. The highest BCUT2D eigenvalue weighted by Crippen LogP contribution is 2.39. The largest absolute Gasteiger partial charge is 0.256 e. The maximum Gasteiger partial charge on any atom is 0.242 e. The minimum atomic E-state index is 0.382. The first-order chi connectivity index (χ1) is 10.3. The Hall–Kier alpha value is -1.24. The third-order valence-electron chi connectivity index (χ3n) is 3.48. The predicted molar refractivity (Wildman–Crippen MR) is 97.9 cm³/mol. The van der Waals surface area contributed by atoms with Gasteiger partial charge in [0.2, 0.25) is 6.71 Å². The van der Waals surface area contributed by atoms with E-state index in [4.69, 9.17) is 4.99 Å². The van der Waals surface area contributed by atoms with Crippen molar-refractivity contribution in [3.63, 3.8) is 0 Å². The van der Waals surface area contributed by atoms with Gasteiger partial charge in [-0.3, -0.25) is 4.99 Å². The van der Waals surface area contributed by atoms with Crippen LogP contribution < -0.4 is 5.46 Å². The molecular weight excluding hydrogens is 315 g/mol. The molecule has 0 saturated heterocycles. The normalized spacial score (nSPS) is 13.6. The van der Waals surface area contributed by atoms with E-state index in [9.17, 15) is 0 Å². The zero-order chi connectivity index (χ0) is 14.2. The van der Waals surface area contributed by atoms with Gasteiger partial charge in [0, 0.05) is 0 Å². The smallest absolute Gasteiger partial charge is 0.242 e. The number of fused-ring (bicyclic) bond motifs is 2. The molecule has 1 aliphatic heterocycles. The van der Waals surface area contributed by atoms with E-state index in [0.29, 0.717) is 6.71 Å². The zero-order valence-electron chi connectivity index (χ0n) is 11.3. The van der Waals surface area contributed by atoms with Gasteiger partial charge in [0.25, 0.3) is 0 Å². The number of nitrogens with zero attached hydrogens (tertiary/aromatic N) is 2. The van der Waals surface area contributed by atoms with Gasteiger partial charge in [-0.1, -0.05) is 37.2 Å². The Kier molecular flexibility index (Phi) is 3.53. The second-order valence-electron chi connectivity index (χ2n) is 4.84. The molecule has 3 aromatic rings. The molecule has 0 N–H and O–H groups in total. The number of hydrogen-bond donors (Lipinski definition) is 0. The number of aliphatic imine (C=N–C) groups is 1. The number of hydrogen-bond acceptors (Lipinski definition) is 5. The second kappa shape index (κ2) is 5.52. The van der Waals surface area contributed by atoms with Crippen LogP contribution in [0.1, 0.15) is 0 Å². The molecule has 4 rings (SSSR count). The molecule has 21 heavy (non-hydrogen) atoms. The lowest BCUT2D eigenvalue weighted by atomic mass is 9.49. The van der Waals surface area contributed by atoms with Crippen LogP contribution in [-0.2, 0) is 0 Å². The minimum absolute atomic E-state index is 0.382. The molecule has 1 aliphatic rings. The number of thiazole rings is 1. The summed E-state index contributed by atoms with van der Waals surface area (Å²) in [5, 5.41) is 0. The average Bonchev–Trinajstić information content (AvgIpc) is 3.07. The van der Waals surface area contributed by atoms with Crippen molar-refractivity contribution in [1.82, 2.24) is 4.98 Å². The fourth-order valence-corrected chi connectivity index (χ4v) is 5.90. The number of benzene rings is 2. The Morgan fingerprint density at radius 1 is 1.00 bits per heavy atom. The standard InChI is InChI=1S/C15H11BN2S3/c1-16-10-6-2-3-7-11(10)17-14(16)20-21-15-18-12-8-4-5-9-13(12)19-15/h2-9H,1H3. The predicted octanol–water partition coefficient (Wildman–Crippen LogP) is 4.65. The van der Waals surface area contributed by atoms with Crippen molar-refractivity contribution in [2.45, 2.75) is 11.2 Å². The molecule has 2 heterocycles. The summed E-state index contributed by atoms with van der Waals surface area (Å²) in [6.45, 7) is 2.60. The minimum Gasteiger partial charge on any atom is -0.256 e. The number of rotatable bonds is 2. The van der Waals surface area contributed by atoms with E-state index in [0.717, 1.165) is 15.5 Å². The first-order valence-corrected chi connectivity index (χ1v) is 9.65. The lowest BCUT2D eigenvalue weighted by Crippen LogP contribution is -2.29. The Morgan fingerprint density at radius 3 is 2.67 bits per heavy atom. The average molecular weight is 326 g/mol. The highest BCUT2D eigenvalue weighted by atomic mass is 33.1. The van der Waals surface area contributed by atoms with Gasteiger partial charge in [-0.25, -0.2) is 4.98 Å². The molecule has 0 amide bonds. The molecule has 2 nitrogen and oxygen atoms in total. The monoisotopic (exact) mass is 326 g/mol. The van der Waals surface area contributed by atoms with Crippen molar-refractivity contribution in [1.29, 1.82) is 0 Å². The van der Waals surface area contributed by atoms with Gasteiger partial charge in [-0.15, -0.1) is 11.3 Å². The first kappa shape index (κ1) is 13.4. The van der Waals surface area contributed by atoms with Crippen LogP contribution in [0.2, 0.25) is 6.82 Å². The van der Waals surface area contributed by atoms with Gasteiger partial charge in [0.15, 0.2) is 4.34 Å². The highest BCUT2D eigenvalue weighted by molar-refractivity contribution is 8.83. The molecule has 1 aromatic heterocycles. The summed E-state index contributed by atoms with van der Waals surface area (Å²) in [5.74, 6) is 0. The van der Waals surface area contributed by atoms with E-state index < -0.39 is 0 Å². The highest BCUT2D eigenvalue weighted by Gasteiger charge is 2.27. The van der Waals surface area contributed by atoms with E-state index in [1.807, 2.05) is 12.1 Å². The van der Waals surface area contributed by atoms with Gasteiger partial charge in [0.1, 0.15) is 0 Å². The second-order valence-corrected chi connectivity index (χ2v) is 8.27. The molecule has 0 radical (unpaired) electrons. The van der Waals surface area contributed by atoms with Crippen LogP contribution in [0, 0.1) is 0 Å². The quantitative estimate of drug-likeness (QED) is 0.506. The number of aromatic nitrogens is 1. The summed E-state index contributed by atoms with van der Waals surface area (Å²) in [4.78, 5) is 10.6. The topological polar surface area (TPSA) is 25.2 Å². The lowest BCUT2D eigenvalue weighted by Gasteiger charge is -2.02. The van der Waals surface area contributed by atoms with Crippen LogP contribution in [0.15, 0.2) is 57.9 Å². The van der Waals surface area contributed by atoms with E-state index >= 15 is 0 Å². The van der Waals surface area contributed by atoms with Crippen LogP contribution in [-0.4, -0.2) is 16.6 Å². The van der Waals surface area contributed by atoms with Crippen molar-refractivity contribution < 1.29 is 0 Å². The van der Waals surface area contributed by atoms with Crippen LogP contribution in [0.3, 0.4) is 0 Å². The Bertz CT molecular complexity index is 811. The van der Waals surface area contributed by atoms with Gasteiger partial charge in [-0.05, 0) is 45.2 Å². The van der Waals surface area contributed by atoms with E-state index in [-0.39, 0.29) is 0 Å². The molecule has 0 aliphatic carbocycles. The SMILES string of the molecule is CB1C(SSc2nc3ccccc3s2)=Nc2ccccc21. The van der Waals surface area contributed by atoms with Crippen molar-refractivity contribution in [3.8, 4) is 0 Å². The van der Waals surface area contributed by atoms with Gasteiger partial charge in [0.05, 0.1) is 20.8 Å². The third kappa shape index (κ3) is 2.52. The molecule has 102 valence electrons. The molecule has 0 unspecified atom stereocenters. The Labute approximate surface area is 135 Å².